The van der Waals surface area contributed by atoms with Crippen LogP contribution in [0.4, 0.5) is 5.69 Å². The highest BCUT2D eigenvalue weighted by Crippen LogP contribution is 2.32. The molecule has 2 fully saturated rings. The molecule has 3 heterocycles. The number of ether oxygens (including phenoxy) is 1. The molecule has 1 aromatic heterocycles. The van der Waals surface area contributed by atoms with Gasteiger partial charge in [0.25, 0.3) is 5.19 Å². The maximum Gasteiger partial charge on any atom is 0.274 e. The molecule has 1 unspecified atom stereocenters. The van der Waals surface area contributed by atoms with E-state index >= 15 is 0 Å². The number of likely N-dealkylation sites (tertiary alicyclic amines) is 1. The van der Waals surface area contributed by atoms with Gasteiger partial charge < -0.3 is 14.5 Å². The van der Waals surface area contributed by atoms with Crippen LogP contribution in [0.25, 0.3) is 10.2 Å². The van der Waals surface area contributed by atoms with E-state index in [-0.39, 0.29) is 30.3 Å². The molecule has 2 saturated heterocycles. The van der Waals surface area contributed by atoms with E-state index in [4.69, 9.17) is 4.74 Å². The third-order valence-electron chi connectivity index (χ3n) is 6.16. The van der Waals surface area contributed by atoms with E-state index in [2.05, 4.69) is 24.0 Å². The van der Waals surface area contributed by atoms with Crippen molar-refractivity contribution >= 4 is 39.1 Å². The fraction of sp³-hybridized carbons (Fsp3) is 0.375. The summed E-state index contributed by atoms with van der Waals surface area (Å²) in [6, 6.07) is 15.7. The smallest absolute Gasteiger partial charge is 0.274 e. The third kappa shape index (κ3) is 4.02. The summed E-state index contributed by atoms with van der Waals surface area (Å²) in [6.45, 7) is 3.83. The molecule has 0 radical (unpaired) electrons. The van der Waals surface area contributed by atoms with E-state index in [1.807, 2.05) is 41.3 Å². The van der Waals surface area contributed by atoms with Crippen LogP contribution < -0.4 is 9.64 Å². The van der Waals surface area contributed by atoms with Crippen LogP contribution in [0.1, 0.15) is 24.8 Å². The number of carbonyl (C=O) groups is 2. The number of aromatic nitrogens is 1. The fourth-order valence-corrected chi connectivity index (χ4v) is 5.40. The summed E-state index contributed by atoms with van der Waals surface area (Å²) >= 11 is 1.57. The summed E-state index contributed by atoms with van der Waals surface area (Å²) in [5, 5.41) is 0.703. The number of thiazole rings is 1. The molecule has 2 aliphatic heterocycles. The van der Waals surface area contributed by atoms with Gasteiger partial charge in [0, 0.05) is 44.6 Å². The number of aryl methyl sites for hydroxylation is 1. The molecule has 0 aliphatic carbocycles. The second kappa shape index (κ2) is 8.30. The Labute approximate surface area is 185 Å². The summed E-state index contributed by atoms with van der Waals surface area (Å²) in [5.74, 6) is -0.160. The van der Waals surface area contributed by atoms with Gasteiger partial charge in [0.05, 0.1) is 16.1 Å². The van der Waals surface area contributed by atoms with E-state index < -0.39 is 0 Å². The molecule has 1 atom stereocenters. The largest absolute Gasteiger partial charge is 0.467 e. The number of piperidine rings is 1. The second-order valence-corrected chi connectivity index (χ2v) is 9.28. The third-order valence-corrected chi connectivity index (χ3v) is 7.08. The lowest BCUT2D eigenvalue weighted by Crippen LogP contribution is -2.44. The maximum atomic E-state index is 13.0. The van der Waals surface area contributed by atoms with E-state index in [1.54, 1.807) is 16.2 Å². The van der Waals surface area contributed by atoms with Crippen molar-refractivity contribution in [3.8, 4) is 5.19 Å². The summed E-state index contributed by atoms with van der Waals surface area (Å²) in [7, 11) is 0. The summed E-state index contributed by atoms with van der Waals surface area (Å²) in [4.78, 5) is 33.8. The number of para-hydroxylation sites is 2. The first-order chi connectivity index (χ1) is 15.1. The maximum absolute atomic E-state index is 13.0. The Kier molecular flexibility index (Phi) is 5.36. The van der Waals surface area contributed by atoms with Gasteiger partial charge in [-0.25, -0.2) is 4.98 Å². The number of anilines is 1. The van der Waals surface area contributed by atoms with Crippen molar-refractivity contribution in [1.82, 2.24) is 9.88 Å². The highest BCUT2D eigenvalue weighted by molar-refractivity contribution is 7.20. The number of hydrogen-bond donors (Lipinski definition) is 0. The van der Waals surface area contributed by atoms with Crippen LogP contribution in [-0.4, -0.2) is 47.4 Å². The van der Waals surface area contributed by atoms with Gasteiger partial charge in [0.1, 0.15) is 6.10 Å². The van der Waals surface area contributed by atoms with Gasteiger partial charge in [-0.15, -0.1) is 0 Å². The van der Waals surface area contributed by atoms with E-state index in [1.165, 1.54) is 0 Å². The average Bonchev–Trinajstić information content (AvgIpc) is 3.38. The minimum absolute atomic E-state index is 0.0221. The van der Waals surface area contributed by atoms with Crippen LogP contribution in [0.3, 0.4) is 0 Å². The lowest BCUT2D eigenvalue weighted by molar-refractivity contribution is -0.137. The van der Waals surface area contributed by atoms with Crippen molar-refractivity contribution in [2.75, 3.05) is 24.5 Å². The number of fused-ring (bicyclic) bond motifs is 1. The minimum Gasteiger partial charge on any atom is -0.467 e. The van der Waals surface area contributed by atoms with Gasteiger partial charge in [0.2, 0.25) is 11.8 Å². The molecule has 0 spiro atoms. The average molecular weight is 436 g/mol. The van der Waals surface area contributed by atoms with Crippen LogP contribution in [0.15, 0.2) is 48.5 Å². The van der Waals surface area contributed by atoms with Crippen LogP contribution in [-0.2, 0) is 9.59 Å². The number of carbonyl (C=O) groups excluding carboxylic acids is 2. The molecule has 160 valence electrons. The van der Waals surface area contributed by atoms with Crippen molar-refractivity contribution in [1.29, 1.82) is 0 Å². The first-order valence-corrected chi connectivity index (χ1v) is 11.6. The van der Waals surface area contributed by atoms with Crippen molar-refractivity contribution < 1.29 is 14.3 Å². The standard InChI is InChI=1S/C24H25N3O3S/c1-16-6-5-9-20-22(16)25-24(31-20)30-19-10-12-26(13-11-19)23(29)17-14-21(28)27(15-17)18-7-3-2-4-8-18/h2-9,17,19H,10-15H2,1H3. The van der Waals surface area contributed by atoms with Crippen molar-refractivity contribution in [3.05, 3.63) is 54.1 Å². The SMILES string of the molecule is Cc1cccc2sc(OC3CCN(C(=O)C4CC(=O)N(c5ccccc5)C4)CC3)nc12. The van der Waals surface area contributed by atoms with E-state index in [9.17, 15) is 9.59 Å². The summed E-state index contributed by atoms with van der Waals surface area (Å²) < 4.78 is 7.28. The molecule has 0 N–H and O–H groups in total. The normalized spacial score (nSPS) is 19.9. The van der Waals surface area contributed by atoms with Crippen LogP contribution in [0, 0.1) is 12.8 Å². The van der Waals surface area contributed by atoms with Crippen LogP contribution >= 0.6 is 11.3 Å². The van der Waals surface area contributed by atoms with Gasteiger partial charge in [-0.2, -0.15) is 0 Å². The second-order valence-electron chi connectivity index (χ2n) is 8.28. The molecular weight excluding hydrogens is 410 g/mol. The number of amides is 2. The number of nitrogens with zero attached hydrogens (tertiary/aromatic N) is 3. The Morgan fingerprint density at radius 3 is 2.61 bits per heavy atom. The van der Waals surface area contributed by atoms with Gasteiger partial charge in [-0.3, -0.25) is 9.59 Å². The van der Waals surface area contributed by atoms with Crippen LogP contribution in [0.5, 0.6) is 5.19 Å². The molecule has 31 heavy (non-hydrogen) atoms. The van der Waals surface area contributed by atoms with E-state index in [0.29, 0.717) is 24.8 Å². The van der Waals surface area contributed by atoms with Gasteiger partial charge in [0.15, 0.2) is 0 Å². The van der Waals surface area contributed by atoms with Crippen molar-refractivity contribution in [2.24, 2.45) is 5.92 Å². The summed E-state index contributed by atoms with van der Waals surface area (Å²) in [6.07, 6.45) is 1.92. The number of benzene rings is 2. The fourth-order valence-electron chi connectivity index (χ4n) is 4.44. The molecule has 3 aromatic rings. The lowest BCUT2D eigenvalue weighted by Gasteiger charge is -2.33. The Morgan fingerprint density at radius 1 is 1.10 bits per heavy atom. The minimum atomic E-state index is -0.266. The van der Waals surface area contributed by atoms with Gasteiger partial charge in [-0.05, 0) is 30.7 Å². The van der Waals surface area contributed by atoms with Gasteiger partial charge in [-0.1, -0.05) is 41.7 Å². The predicted molar refractivity (Wildman–Crippen MR) is 121 cm³/mol. The Morgan fingerprint density at radius 2 is 1.87 bits per heavy atom. The molecular formula is C24H25N3O3S. The van der Waals surface area contributed by atoms with Crippen molar-refractivity contribution in [3.63, 3.8) is 0 Å². The number of rotatable bonds is 4. The van der Waals surface area contributed by atoms with Crippen LogP contribution in [0.2, 0.25) is 0 Å². The molecule has 2 aliphatic rings. The monoisotopic (exact) mass is 435 g/mol. The first-order valence-electron chi connectivity index (χ1n) is 10.8. The highest BCUT2D eigenvalue weighted by Gasteiger charge is 2.38. The Bertz CT molecular complexity index is 1110. The molecule has 7 heteroatoms. The van der Waals surface area contributed by atoms with Gasteiger partial charge >= 0.3 is 0 Å². The zero-order chi connectivity index (χ0) is 21.4. The Balaban J connectivity index is 1.17. The molecule has 5 rings (SSSR count). The zero-order valence-electron chi connectivity index (χ0n) is 17.5. The zero-order valence-corrected chi connectivity index (χ0v) is 18.3. The molecule has 0 saturated carbocycles. The van der Waals surface area contributed by atoms with E-state index in [0.717, 1.165) is 34.3 Å². The summed E-state index contributed by atoms with van der Waals surface area (Å²) in [5.41, 5.74) is 3.02. The highest BCUT2D eigenvalue weighted by atomic mass is 32.1. The topological polar surface area (TPSA) is 62.7 Å². The first kappa shape index (κ1) is 20.0. The number of hydrogen-bond acceptors (Lipinski definition) is 5. The quantitative estimate of drug-likeness (QED) is 0.621. The molecule has 0 bridgehead atoms. The molecule has 2 amide bonds. The Hall–Kier alpha value is -2.93. The predicted octanol–water partition coefficient (Wildman–Crippen LogP) is 4.03. The van der Waals surface area contributed by atoms with Crippen molar-refractivity contribution in [2.45, 2.75) is 32.3 Å². The lowest BCUT2D eigenvalue weighted by atomic mass is 10.0. The molecule has 2 aromatic carbocycles. The molecule has 6 nitrogen and oxygen atoms in total.